The molecular formula is C23H24N2O5S3. The van der Waals surface area contributed by atoms with Crippen LogP contribution < -0.4 is 9.47 Å². The van der Waals surface area contributed by atoms with Crippen molar-refractivity contribution in [1.82, 2.24) is 9.21 Å². The molecule has 7 nitrogen and oxygen atoms in total. The number of benzene rings is 2. The summed E-state index contributed by atoms with van der Waals surface area (Å²) < 4.78 is 34.6. The lowest BCUT2D eigenvalue weighted by atomic mass is 10.1. The fourth-order valence-electron chi connectivity index (χ4n) is 3.77. The lowest BCUT2D eigenvalue weighted by molar-refractivity contribution is -0.122. The van der Waals surface area contributed by atoms with Gasteiger partial charge >= 0.3 is 0 Å². The molecule has 2 saturated heterocycles. The van der Waals surface area contributed by atoms with Crippen LogP contribution in [0.1, 0.15) is 18.4 Å². The zero-order valence-electron chi connectivity index (χ0n) is 17.8. The predicted octanol–water partition coefficient (Wildman–Crippen LogP) is 3.95. The van der Waals surface area contributed by atoms with Gasteiger partial charge in [-0.1, -0.05) is 60.4 Å². The van der Waals surface area contributed by atoms with Gasteiger partial charge in [0.2, 0.25) is 11.3 Å². The quantitative estimate of drug-likeness (QED) is 0.240. The van der Waals surface area contributed by atoms with Crippen LogP contribution in [0.15, 0.2) is 59.5 Å². The number of nitrogens with zero attached hydrogens (tertiary/aromatic N) is 2. The highest BCUT2D eigenvalue weighted by molar-refractivity contribution is 8.26. The van der Waals surface area contributed by atoms with Crippen molar-refractivity contribution in [3.63, 3.8) is 0 Å². The number of thiocarbonyl (C=S) groups is 1. The normalized spacial score (nSPS) is 21.1. The van der Waals surface area contributed by atoms with Crippen molar-refractivity contribution in [3.8, 4) is 11.5 Å². The Morgan fingerprint density at radius 1 is 1.12 bits per heavy atom. The number of carbonyl (C=O) groups is 1. The maximum atomic E-state index is 13.0. The van der Waals surface area contributed by atoms with E-state index in [-0.39, 0.29) is 11.9 Å². The van der Waals surface area contributed by atoms with Gasteiger partial charge in [-0.05, 0) is 37.1 Å². The molecule has 2 unspecified atom stereocenters. The molecule has 2 aliphatic heterocycles. The summed E-state index contributed by atoms with van der Waals surface area (Å²) in [5.74, 6) is 1.24. The number of hydrogen-bond acceptors (Lipinski definition) is 6. The Balaban J connectivity index is 1.40. The molecule has 0 bridgehead atoms. The first kappa shape index (κ1) is 23.9. The van der Waals surface area contributed by atoms with E-state index in [1.165, 1.54) is 21.0 Å². The number of amides is 1. The van der Waals surface area contributed by atoms with Gasteiger partial charge in [-0.15, -0.1) is 0 Å². The number of thioether (sulfide) groups is 1. The fourth-order valence-corrected chi connectivity index (χ4v) is 5.74. The second kappa shape index (κ2) is 11.3. The minimum absolute atomic E-state index is 0.182. The summed E-state index contributed by atoms with van der Waals surface area (Å²) in [6.45, 7) is 1.60. The summed E-state index contributed by atoms with van der Waals surface area (Å²) in [4.78, 5) is 15.1. The summed E-state index contributed by atoms with van der Waals surface area (Å²) >= 11 is 4.62. The summed E-state index contributed by atoms with van der Waals surface area (Å²) in [5.41, 5.74) is 0.775. The number of ether oxygens (including phenoxy) is 2. The molecule has 2 aromatic carbocycles. The van der Waals surface area contributed by atoms with Crippen LogP contribution >= 0.6 is 24.0 Å². The van der Waals surface area contributed by atoms with Crippen LogP contribution in [0.5, 0.6) is 11.5 Å². The number of rotatable bonds is 9. The first-order chi connectivity index (χ1) is 16.0. The van der Waals surface area contributed by atoms with Gasteiger partial charge < -0.3 is 9.47 Å². The van der Waals surface area contributed by atoms with Crippen molar-refractivity contribution in [3.05, 3.63) is 65.1 Å². The van der Waals surface area contributed by atoms with E-state index in [1.807, 2.05) is 54.6 Å². The Morgan fingerprint density at radius 2 is 1.85 bits per heavy atom. The van der Waals surface area contributed by atoms with Crippen molar-refractivity contribution in [1.29, 1.82) is 0 Å². The molecule has 33 heavy (non-hydrogen) atoms. The zero-order valence-corrected chi connectivity index (χ0v) is 20.2. The first-order valence-corrected chi connectivity index (χ1v) is 12.8. The summed E-state index contributed by atoms with van der Waals surface area (Å²) in [6.07, 6.45) is 3.35. The van der Waals surface area contributed by atoms with Crippen LogP contribution in [0.4, 0.5) is 0 Å². The topological polar surface area (TPSA) is 79.3 Å². The van der Waals surface area contributed by atoms with Gasteiger partial charge in [0.05, 0.1) is 4.91 Å². The van der Waals surface area contributed by atoms with E-state index in [0.717, 1.165) is 24.2 Å². The van der Waals surface area contributed by atoms with E-state index in [2.05, 4.69) is 0 Å². The zero-order chi connectivity index (χ0) is 23.2. The van der Waals surface area contributed by atoms with Crippen LogP contribution in [-0.4, -0.2) is 60.5 Å². The highest BCUT2D eigenvalue weighted by Crippen LogP contribution is 2.35. The summed E-state index contributed by atoms with van der Waals surface area (Å²) in [7, 11) is 0. The molecule has 10 heteroatoms. The molecule has 0 radical (unpaired) electrons. The van der Waals surface area contributed by atoms with E-state index in [1.54, 1.807) is 6.08 Å². The lowest BCUT2D eigenvalue weighted by Gasteiger charge is -2.24. The Hall–Kier alpha value is -2.24. The number of hydrogen-bond donors (Lipinski definition) is 1. The molecule has 0 saturated carbocycles. The van der Waals surface area contributed by atoms with Crippen molar-refractivity contribution >= 4 is 51.5 Å². The first-order valence-electron chi connectivity index (χ1n) is 10.6. The molecule has 1 amide bonds. The fraction of sp³-hybridized carbons (Fsp3) is 0.304. The highest BCUT2D eigenvalue weighted by Gasteiger charge is 2.37. The molecule has 0 aromatic heterocycles. The second-order valence-corrected chi connectivity index (χ2v) is 10.1. The molecule has 1 N–H and O–H groups in total. The van der Waals surface area contributed by atoms with Crippen LogP contribution in [0, 0.1) is 0 Å². The average Bonchev–Trinajstić information content (AvgIpc) is 3.39. The Kier molecular flexibility index (Phi) is 8.15. The third kappa shape index (κ3) is 6.01. The molecular weight excluding hydrogens is 480 g/mol. The van der Waals surface area contributed by atoms with E-state index < -0.39 is 11.3 Å². The minimum Gasteiger partial charge on any atom is -0.490 e. The van der Waals surface area contributed by atoms with E-state index in [9.17, 15) is 13.6 Å². The smallest absolute Gasteiger partial charge is 0.266 e. The molecule has 2 aliphatic rings. The van der Waals surface area contributed by atoms with Gasteiger partial charge in [0.25, 0.3) is 5.91 Å². The average molecular weight is 505 g/mol. The van der Waals surface area contributed by atoms with Gasteiger partial charge in [-0.25, -0.2) is 4.21 Å². The molecule has 4 rings (SSSR count). The summed E-state index contributed by atoms with van der Waals surface area (Å²) in [6, 6.07) is 16.8. The third-order valence-electron chi connectivity index (χ3n) is 5.35. The molecule has 0 spiro atoms. The molecule has 0 aliphatic carbocycles. The van der Waals surface area contributed by atoms with E-state index >= 15 is 0 Å². The highest BCUT2D eigenvalue weighted by atomic mass is 32.2. The number of para-hydroxylation sites is 2. The van der Waals surface area contributed by atoms with Gasteiger partial charge in [0.15, 0.2) is 0 Å². The van der Waals surface area contributed by atoms with Crippen LogP contribution in [-0.2, 0) is 16.1 Å². The second-order valence-electron chi connectivity index (χ2n) is 7.51. The molecule has 174 valence electrons. The molecule has 2 heterocycles. The van der Waals surface area contributed by atoms with Crippen LogP contribution in [0.2, 0.25) is 0 Å². The van der Waals surface area contributed by atoms with Crippen molar-refractivity contribution in [2.24, 2.45) is 0 Å². The largest absolute Gasteiger partial charge is 0.490 e. The predicted molar refractivity (Wildman–Crippen MR) is 134 cm³/mol. The summed E-state index contributed by atoms with van der Waals surface area (Å²) in [5, 5.41) is 0. The monoisotopic (exact) mass is 504 g/mol. The van der Waals surface area contributed by atoms with Crippen molar-refractivity contribution in [2.75, 3.05) is 26.3 Å². The van der Waals surface area contributed by atoms with Crippen molar-refractivity contribution < 1.29 is 23.0 Å². The van der Waals surface area contributed by atoms with Crippen LogP contribution in [0.25, 0.3) is 6.08 Å². The Morgan fingerprint density at radius 3 is 2.64 bits per heavy atom. The van der Waals surface area contributed by atoms with Crippen molar-refractivity contribution in [2.45, 2.75) is 18.9 Å². The van der Waals surface area contributed by atoms with Gasteiger partial charge in [-0.2, -0.15) is 4.31 Å². The SMILES string of the molecule is O=C1/C(=C/c2ccccc2OCCOc2ccccc2)SC(=S)N1CC1CCCN1S(=O)O. The van der Waals surface area contributed by atoms with E-state index in [4.69, 9.17) is 21.7 Å². The lowest BCUT2D eigenvalue weighted by Crippen LogP contribution is -2.42. The van der Waals surface area contributed by atoms with Gasteiger partial charge in [-0.3, -0.25) is 14.2 Å². The maximum Gasteiger partial charge on any atom is 0.266 e. The van der Waals surface area contributed by atoms with Gasteiger partial charge in [0, 0.05) is 24.7 Å². The Bertz CT molecular complexity index is 1060. The Labute approximate surface area is 205 Å². The molecule has 2 atom stereocenters. The van der Waals surface area contributed by atoms with Crippen LogP contribution in [0.3, 0.4) is 0 Å². The van der Waals surface area contributed by atoms with E-state index in [0.29, 0.717) is 41.3 Å². The number of carbonyl (C=O) groups excluding carboxylic acids is 1. The minimum atomic E-state index is -2.05. The maximum absolute atomic E-state index is 13.0. The van der Waals surface area contributed by atoms with Gasteiger partial charge in [0.1, 0.15) is 29.0 Å². The third-order valence-corrected chi connectivity index (χ3v) is 7.61. The standard InChI is InChI=1S/C23H24N2O5S3/c26-22-21(32-23(31)24(22)16-18-8-6-12-25(18)33(27)28)15-17-7-4-5-11-20(17)30-14-13-29-19-9-2-1-3-10-19/h1-5,7,9-11,15,18H,6,8,12-14,16H2,(H,27,28)/b21-15-. The molecule has 2 fully saturated rings. The molecule has 2 aromatic rings.